The van der Waals surface area contributed by atoms with Crippen molar-refractivity contribution in [1.82, 2.24) is 5.32 Å². The average Bonchev–Trinajstić information content (AvgIpc) is 2.50. The van der Waals surface area contributed by atoms with Gasteiger partial charge in [-0.1, -0.05) is 35.9 Å². The molecule has 0 heterocycles. The van der Waals surface area contributed by atoms with Crippen LogP contribution in [0.15, 0.2) is 42.5 Å². The maximum absolute atomic E-state index is 12.4. The highest BCUT2D eigenvalue weighted by Crippen LogP contribution is 2.29. The van der Waals surface area contributed by atoms with E-state index in [4.69, 9.17) is 11.6 Å². The quantitative estimate of drug-likeness (QED) is 0.795. The number of aryl methyl sites for hydroxylation is 1. The molecule has 0 fully saturated rings. The van der Waals surface area contributed by atoms with E-state index in [-0.39, 0.29) is 11.4 Å². The Kier molecular flexibility index (Phi) is 6.37. The lowest BCUT2D eigenvalue weighted by atomic mass is 10.1. The maximum Gasteiger partial charge on any atom is 0.387 e. The van der Waals surface area contributed by atoms with Crippen LogP contribution in [0.4, 0.5) is 19.3 Å². The number of rotatable bonds is 6. The number of hydrogen-bond acceptors (Lipinski definition) is 2. The van der Waals surface area contributed by atoms with Crippen LogP contribution in [0.25, 0.3) is 0 Å². The minimum atomic E-state index is -2.96. The van der Waals surface area contributed by atoms with E-state index in [1.54, 1.807) is 25.1 Å². The molecule has 128 valence electrons. The molecule has 0 aliphatic heterocycles. The van der Waals surface area contributed by atoms with Crippen LogP contribution in [0.3, 0.4) is 0 Å². The fourth-order valence-corrected chi connectivity index (χ4v) is 2.38. The van der Waals surface area contributed by atoms with Crippen molar-refractivity contribution >= 4 is 23.3 Å². The number of nitrogens with one attached hydrogen (secondary N) is 2. The highest BCUT2D eigenvalue weighted by molar-refractivity contribution is 6.30. The van der Waals surface area contributed by atoms with Gasteiger partial charge in [0.2, 0.25) is 0 Å². The van der Waals surface area contributed by atoms with Crippen LogP contribution >= 0.6 is 11.6 Å². The van der Waals surface area contributed by atoms with Crippen LogP contribution in [0.2, 0.25) is 5.02 Å². The predicted molar refractivity (Wildman–Crippen MR) is 90.0 cm³/mol. The molecule has 2 aromatic carbocycles. The summed E-state index contributed by atoms with van der Waals surface area (Å²) in [6.45, 7) is -0.888. The molecule has 4 nitrogen and oxygen atoms in total. The summed E-state index contributed by atoms with van der Waals surface area (Å²) in [7, 11) is 0. The number of para-hydroxylation sites is 1. The Bertz CT molecular complexity index is 711. The molecule has 0 unspecified atom stereocenters. The third kappa shape index (κ3) is 5.38. The van der Waals surface area contributed by atoms with Gasteiger partial charge < -0.3 is 15.4 Å². The third-order valence-electron chi connectivity index (χ3n) is 3.28. The van der Waals surface area contributed by atoms with Gasteiger partial charge in [0, 0.05) is 11.6 Å². The normalized spacial score (nSPS) is 10.5. The van der Waals surface area contributed by atoms with Crippen molar-refractivity contribution in [3.05, 3.63) is 58.6 Å². The molecule has 0 bridgehead atoms. The van der Waals surface area contributed by atoms with Crippen LogP contribution in [0.5, 0.6) is 5.75 Å². The number of ether oxygens (including phenoxy) is 1. The molecular formula is C17H17ClF2N2O2. The van der Waals surface area contributed by atoms with Crippen molar-refractivity contribution in [3.63, 3.8) is 0 Å². The maximum atomic E-state index is 12.4. The summed E-state index contributed by atoms with van der Waals surface area (Å²) in [6.07, 6.45) is 0.599. The van der Waals surface area contributed by atoms with Gasteiger partial charge in [-0.05, 0) is 42.7 Å². The molecule has 2 N–H and O–H groups in total. The van der Waals surface area contributed by atoms with Crippen molar-refractivity contribution in [1.29, 1.82) is 0 Å². The first-order valence-electron chi connectivity index (χ1n) is 7.29. The summed E-state index contributed by atoms with van der Waals surface area (Å²) >= 11 is 5.90. The van der Waals surface area contributed by atoms with Gasteiger partial charge in [0.25, 0.3) is 0 Å². The van der Waals surface area contributed by atoms with Crippen LogP contribution in [-0.4, -0.2) is 19.2 Å². The van der Waals surface area contributed by atoms with Gasteiger partial charge in [-0.3, -0.25) is 0 Å². The first-order chi connectivity index (χ1) is 11.5. The van der Waals surface area contributed by atoms with Crippen molar-refractivity contribution in [2.24, 2.45) is 0 Å². The molecule has 2 aromatic rings. The number of benzene rings is 2. The lowest BCUT2D eigenvalue weighted by Crippen LogP contribution is -2.31. The number of halogens is 3. The Morgan fingerprint density at radius 2 is 2.00 bits per heavy atom. The second kappa shape index (κ2) is 8.49. The zero-order chi connectivity index (χ0) is 17.5. The van der Waals surface area contributed by atoms with E-state index in [9.17, 15) is 13.6 Å². The number of alkyl halides is 2. The first-order valence-corrected chi connectivity index (χ1v) is 7.67. The van der Waals surface area contributed by atoms with Gasteiger partial charge in [0.05, 0.1) is 5.69 Å². The van der Waals surface area contributed by atoms with E-state index in [0.717, 1.165) is 5.56 Å². The highest BCUT2D eigenvalue weighted by atomic mass is 35.5. The molecular weight excluding hydrogens is 338 g/mol. The van der Waals surface area contributed by atoms with Crippen LogP contribution in [0.1, 0.15) is 11.1 Å². The van der Waals surface area contributed by atoms with Crippen LogP contribution in [0, 0.1) is 6.92 Å². The standard InChI is InChI=1S/C17H17ClF2N2O2/c1-11-4-2-7-14(24-16(19)20)15(11)22-17(23)21-9-8-12-5-3-6-13(18)10-12/h2-7,10,16H,8-9H2,1H3,(H2,21,22,23). The first kappa shape index (κ1) is 18.0. The summed E-state index contributed by atoms with van der Waals surface area (Å²) in [4.78, 5) is 12.0. The Balaban J connectivity index is 1.92. The van der Waals surface area contributed by atoms with Crippen LogP contribution in [-0.2, 0) is 6.42 Å². The van der Waals surface area contributed by atoms with Gasteiger partial charge in [-0.15, -0.1) is 0 Å². The predicted octanol–water partition coefficient (Wildman–Crippen LogP) is 4.61. The van der Waals surface area contributed by atoms with E-state index >= 15 is 0 Å². The van der Waals surface area contributed by atoms with Crippen molar-refractivity contribution in [2.75, 3.05) is 11.9 Å². The fourth-order valence-electron chi connectivity index (χ4n) is 2.17. The molecule has 0 aliphatic rings. The Morgan fingerprint density at radius 3 is 2.71 bits per heavy atom. The topological polar surface area (TPSA) is 50.4 Å². The van der Waals surface area contributed by atoms with E-state index in [0.29, 0.717) is 23.6 Å². The molecule has 0 saturated carbocycles. The molecule has 0 aliphatic carbocycles. The lowest BCUT2D eigenvalue weighted by Gasteiger charge is -2.14. The number of urea groups is 1. The molecule has 2 rings (SSSR count). The van der Waals surface area contributed by atoms with Crippen molar-refractivity contribution in [2.45, 2.75) is 20.0 Å². The molecule has 2 amide bonds. The molecule has 24 heavy (non-hydrogen) atoms. The van der Waals surface area contributed by atoms with Gasteiger partial charge in [0.1, 0.15) is 5.75 Å². The van der Waals surface area contributed by atoms with E-state index in [1.165, 1.54) is 6.07 Å². The number of hydrogen-bond donors (Lipinski definition) is 2. The summed E-state index contributed by atoms with van der Waals surface area (Å²) in [6, 6.07) is 11.5. The number of amides is 2. The summed E-state index contributed by atoms with van der Waals surface area (Å²) < 4.78 is 29.3. The summed E-state index contributed by atoms with van der Waals surface area (Å²) in [5.41, 5.74) is 1.83. The number of carbonyl (C=O) groups is 1. The Morgan fingerprint density at radius 1 is 1.25 bits per heavy atom. The van der Waals surface area contributed by atoms with Gasteiger partial charge in [-0.2, -0.15) is 8.78 Å². The van der Waals surface area contributed by atoms with E-state index < -0.39 is 12.6 Å². The minimum Gasteiger partial charge on any atom is -0.433 e. The second-order valence-corrected chi connectivity index (χ2v) is 5.52. The Hall–Kier alpha value is -2.34. The monoisotopic (exact) mass is 354 g/mol. The average molecular weight is 355 g/mol. The molecule has 0 spiro atoms. The van der Waals surface area contributed by atoms with Gasteiger partial charge >= 0.3 is 12.6 Å². The molecule has 0 radical (unpaired) electrons. The van der Waals surface area contributed by atoms with Crippen molar-refractivity contribution < 1.29 is 18.3 Å². The zero-order valence-corrected chi connectivity index (χ0v) is 13.7. The fraction of sp³-hybridized carbons (Fsp3) is 0.235. The second-order valence-electron chi connectivity index (χ2n) is 5.09. The summed E-state index contributed by atoms with van der Waals surface area (Å²) in [5, 5.41) is 5.85. The third-order valence-corrected chi connectivity index (χ3v) is 3.51. The summed E-state index contributed by atoms with van der Waals surface area (Å²) in [5.74, 6) is -0.0741. The smallest absolute Gasteiger partial charge is 0.387 e. The SMILES string of the molecule is Cc1cccc(OC(F)F)c1NC(=O)NCCc1cccc(Cl)c1. The zero-order valence-electron chi connectivity index (χ0n) is 13.0. The molecule has 0 atom stereocenters. The largest absolute Gasteiger partial charge is 0.433 e. The highest BCUT2D eigenvalue weighted by Gasteiger charge is 2.13. The van der Waals surface area contributed by atoms with Crippen molar-refractivity contribution in [3.8, 4) is 5.75 Å². The Labute approximate surface area is 143 Å². The number of carbonyl (C=O) groups excluding carboxylic acids is 1. The minimum absolute atomic E-state index is 0.0741. The molecule has 0 aromatic heterocycles. The molecule has 0 saturated heterocycles. The van der Waals surface area contributed by atoms with E-state index in [2.05, 4.69) is 15.4 Å². The van der Waals surface area contributed by atoms with Gasteiger partial charge in [0.15, 0.2) is 0 Å². The van der Waals surface area contributed by atoms with E-state index in [1.807, 2.05) is 18.2 Å². The van der Waals surface area contributed by atoms with Gasteiger partial charge in [-0.25, -0.2) is 4.79 Å². The lowest BCUT2D eigenvalue weighted by molar-refractivity contribution is -0.0493. The van der Waals surface area contributed by atoms with Crippen LogP contribution < -0.4 is 15.4 Å². The number of anilines is 1. The molecule has 7 heteroatoms.